The summed E-state index contributed by atoms with van der Waals surface area (Å²) in [6, 6.07) is 9.38. The summed E-state index contributed by atoms with van der Waals surface area (Å²) in [7, 11) is 0. The summed E-state index contributed by atoms with van der Waals surface area (Å²) in [6.45, 7) is 2.88. The second-order valence-corrected chi connectivity index (χ2v) is 8.14. The predicted octanol–water partition coefficient (Wildman–Crippen LogP) is 1.93. The first-order chi connectivity index (χ1) is 14.1. The van der Waals surface area contributed by atoms with E-state index in [1.807, 2.05) is 31.4 Å². The van der Waals surface area contributed by atoms with Crippen LogP contribution >= 0.6 is 11.8 Å². The van der Waals surface area contributed by atoms with Gasteiger partial charge in [0.2, 0.25) is 0 Å². The van der Waals surface area contributed by atoms with Gasteiger partial charge in [-0.25, -0.2) is 0 Å². The number of carbonyl (C=O) groups is 1. The second kappa shape index (κ2) is 9.92. The molecular weight excluding hydrogens is 388 g/mol. The number of nitrogens with one attached hydrogen (secondary N) is 1. The first kappa shape index (κ1) is 21.4. The fourth-order valence-electron chi connectivity index (χ4n) is 3.58. The Morgan fingerprint density at radius 3 is 3.03 bits per heavy atom. The maximum Gasteiger partial charge on any atom is 0.251 e. The van der Waals surface area contributed by atoms with Crippen LogP contribution in [0.5, 0.6) is 0 Å². The van der Waals surface area contributed by atoms with Gasteiger partial charge in [-0.05, 0) is 49.6 Å². The Kier molecular flexibility index (Phi) is 7.31. The van der Waals surface area contributed by atoms with Crippen molar-refractivity contribution in [2.24, 2.45) is 0 Å². The number of fused-ring (bicyclic) bond motifs is 1. The fourth-order valence-corrected chi connectivity index (χ4v) is 4.10. The number of pyridine rings is 1. The molecule has 1 aromatic carbocycles. The number of anilines is 1. The minimum Gasteiger partial charge on any atom is -0.394 e. The Bertz CT molecular complexity index is 901. The quantitative estimate of drug-likeness (QED) is 0.714. The molecule has 1 aliphatic heterocycles. The Morgan fingerprint density at radius 2 is 2.31 bits per heavy atom. The van der Waals surface area contributed by atoms with Gasteiger partial charge < -0.3 is 20.1 Å². The molecule has 3 rings (SSSR count). The fraction of sp³-hybridized carbons (Fsp3) is 0.476. The number of aromatic nitrogens is 1. The number of amides is 1. The van der Waals surface area contributed by atoms with Gasteiger partial charge in [-0.2, -0.15) is 17.0 Å². The number of benzene rings is 1. The zero-order chi connectivity index (χ0) is 20.8. The second-order valence-electron chi connectivity index (χ2n) is 7.15. The minimum absolute atomic E-state index is 0.0930. The zero-order valence-electron chi connectivity index (χ0n) is 16.7. The van der Waals surface area contributed by atoms with E-state index in [1.165, 1.54) is 0 Å². The molecule has 0 radical (unpaired) electrons. The van der Waals surface area contributed by atoms with E-state index in [9.17, 15) is 15.2 Å². The van der Waals surface area contributed by atoms with Crippen molar-refractivity contribution < 1.29 is 14.6 Å². The van der Waals surface area contributed by atoms with Crippen LogP contribution in [0.15, 0.2) is 30.5 Å². The SMILES string of the molecule is CSCC[C@@H](CO)NC(=O)[C@H]1CN(c2ccc(C#N)c3ncccc23)C[C@@H](C)O1. The van der Waals surface area contributed by atoms with Crippen molar-refractivity contribution in [3.63, 3.8) is 0 Å². The molecule has 154 valence electrons. The highest BCUT2D eigenvalue weighted by Crippen LogP contribution is 2.30. The molecule has 1 aromatic heterocycles. The Hall–Kier alpha value is -2.34. The van der Waals surface area contributed by atoms with Gasteiger partial charge in [0, 0.05) is 23.8 Å². The number of hydrogen-bond acceptors (Lipinski definition) is 7. The minimum atomic E-state index is -0.635. The van der Waals surface area contributed by atoms with E-state index in [-0.39, 0.29) is 24.7 Å². The molecule has 1 fully saturated rings. The first-order valence-electron chi connectivity index (χ1n) is 9.65. The van der Waals surface area contributed by atoms with Gasteiger partial charge in [0.1, 0.15) is 6.07 Å². The number of thioether (sulfide) groups is 1. The summed E-state index contributed by atoms with van der Waals surface area (Å²) < 4.78 is 5.90. The zero-order valence-corrected chi connectivity index (χ0v) is 17.5. The van der Waals surface area contributed by atoms with E-state index in [0.717, 1.165) is 16.8 Å². The van der Waals surface area contributed by atoms with Crippen LogP contribution in [-0.2, 0) is 9.53 Å². The lowest BCUT2D eigenvalue weighted by Crippen LogP contribution is -2.54. The third-order valence-electron chi connectivity index (χ3n) is 5.00. The summed E-state index contributed by atoms with van der Waals surface area (Å²) in [4.78, 5) is 19.3. The van der Waals surface area contributed by atoms with E-state index in [1.54, 1.807) is 24.0 Å². The average molecular weight is 415 g/mol. The Labute approximate surface area is 175 Å². The van der Waals surface area contributed by atoms with Gasteiger partial charge in [0.05, 0.1) is 36.4 Å². The number of rotatable bonds is 7. The van der Waals surface area contributed by atoms with Crippen molar-refractivity contribution in [2.75, 3.05) is 36.6 Å². The molecule has 0 spiro atoms. The molecule has 8 heteroatoms. The number of hydrogen-bond donors (Lipinski definition) is 2. The molecule has 3 atom stereocenters. The third kappa shape index (κ3) is 4.99. The summed E-state index contributed by atoms with van der Waals surface area (Å²) in [5, 5.41) is 22.7. The van der Waals surface area contributed by atoms with Crippen LogP contribution in [0.3, 0.4) is 0 Å². The smallest absolute Gasteiger partial charge is 0.251 e. The molecule has 0 saturated carbocycles. The molecule has 1 amide bonds. The molecule has 2 N–H and O–H groups in total. The van der Waals surface area contributed by atoms with Crippen molar-refractivity contribution >= 4 is 34.3 Å². The average Bonchev–Trinajstić information content (AvgIpc) is 2.75. The number of nitriles is 1. The summed E-state index contributed by atoms with van der Waals surface area (Å²) in [5.74, 6) is 0.654. The van der Waals surface area contributed by atoms with Gasteiger partial charge in [-0.1, -0.05) is 0 Å². The molecule has 0 bridgehead atoms. The highest BCUT2D eigenvalue weighted by atomic mass is 32.2. The van der Waals surface area contributed by atoms with E-state index in [0.29, 0.717) is 30.6 Å². The van der Waals surface area contributed by atoms with Crippen LogP contribution in [0.25, 0.3) is 10.9 Å². The number of nitrogens with zero attached hydrogens (tertiary/aromatic N) is 3. The largest absolute Gasteiger partial charge is 0.394 e. The summed E-state index contributed by atoms with van der Waals surface area (Å²) >= 11 is 1.68. The molecule has 1 saturated heterocycles. The Balaban J connectivity index is 1.81. The Morgan fingerprint density at radius 1 is 1.48 bits per heavy atom. The number of morpholine rings is 1. The molecule has 7 nitrogen and oxygen atoms in total. The molecular formula is C21H26N4O3S. The van der Waals surface area contributed by atoms with Gasteiger partial charge in [-0.3, -0.25) is 9.78 Å². The highest BCUT2D eigenvalue weighted by molar-refractivity contribution is 7.98. The van der Waals surface area contributed by atoms with Crippen LogP contribution in [0.4, 0.5) is 5.69 Å². The number of aliphatic hydroxyl groups is 1. The summed E-state index contributed by atoms with van der Waals surface area (Å²) in [5.41, 5.74) is 2.12. The number of carbonyl (C=O) groups excluding carboxylic acids is 1. The third-order valence-corrected chi connectivity index (χ3v) is 5.64. The molecule has 0 aliphatic carbocycles. The standard InChI is InChI=1S/C21H26N4O3S/c1-14-11-25(12-19(28-14)21(27)24-16(13-26)7-9-29-2)18-6-5-15(10-22)20-17(18)4-3-8-23-20/h3-6,8,14,16,19,26H,7,9,11-13H2,1-2H3,(H,24,27)/t14-,16+,19-/m1/s1. The number of ether oxygens (including phenoxy) is 1. The van der Waals surface area contributed by atoms with Gasteiger partial charge >= 0.3 is 0 Å². The van der Waals surface area contributed by atoms with Crippen molar-refractivity contribution in [2.45, 2.75) is 31.6 Å². The van der Waals surface area contributed by atoms with Crippen LogP contribution in [0.2, 0.25) is 0 Å². The lowest BCUT2D eigenvalue weighted by atomic mass is 10.1. The molecule has 2 aromatic rings. The van der Waals surface area contributed by atoms with E-state index >= 15 is 0 Å². The monoisotopic (exact) mass is 414 g/mol. The van der Waals surface area contributed by atoms with Crippen molar-refractivity contribution in [3.05, 3.63) is 36.0 Å². The van der Waals surface area contributed by atoms with Crippen LogP contribution in [-0.4, -0.2) is 66.0 Å². The van der Waals surface area contributed by atoms with Crippen LogP contribution < -0.4 is 10.2 Å². The van der Waals surface area contributed by atoms with Crippen LogP contribution in [0, 0.1) is 11.3 Å². The molecule has 2 heterocycles. The first-order valence-corrected chi connectivity index (χ1v) is 11.0. The van der Waals surface area contributed by atoms with Gasteiger partial charge in [-0.15, -0.1) is 0 Å². The predicted molar refractivity (Wildman–Crippen MR) is 115 cm³/mol. The normalized spacial score (nSPS) is 20.3. The van der Waals surface area contributed by atoms with Crippen molar-refractivity contribution in [1.29, 1.82) is 5.26 Å². The van der Waals surface area contributed by atoms with Crippen molar-refractivity contribution in [3.8, 4) is 6.07 Å². The van der Waals surface area contributed by atoms with E-state index in [4.69, 9.17) is 4.74 Å². The lowest BCUT2D eigenvalue weighted by molar-refractivity contribution is -0.138. The molecule has 29 heavy (non-hydrogen) atoms. The maximum absolute atomic E-state index is 12.8. The van der Waals surface area contributed by atoms with E-state index in [2.05, 4.69) is 21.3 Å². The summed E-state index contributed by atoms with van der Waals surface area (Å²) in [6.07, 6.45) is 3.61. The molecule has 0 unspecified atom stereocenters. The maximum atomic E-state index is 12.8. The van der Waals surface area contributed by atoms with Gasteiger partial charge in [0.15, 0.2) is 6.10 Å². The highest BCUT2D eigenvalue weighted by Gasteiger charge is 2.32. The topological polar surface area (TPSA) is 98.5 Å². The van der Waals surface area contributed by atoms with Crippen molar-refractivity contribution in [1.82, 2.24) is 10.3 Å². The van der Waals surface area contributed by atoms with Crippen LogP contribution in [0.1, 0.15) is 18.9 Å². The lowest BCUT2D eigenvalue weighted by Gasteiger charge is -2.38. The van der Waals surface area contributed by atoms with Gasteiger partial charge in [0.25, 0.3) is 5.91 Å². The van der Waals surface area contributed by atoms with E-state index < -0.39 is 6.10 Å². The number of aliphatic hydroxyl groups excluding tert-OH is 1. The molecule has 1 aliphatic rings.